The number of thioether (sulfide) groups is 1. The summed E-state index contributed by atoms with van der Waals surface area (Å²) in [6.45, 7) is 2.02. The molecule has 3 nitrogen and oxygen atoms in total. The van der Waals surface area contributed by atoms with Gasteiger partial charge in [-0.15, -0.1) is 0 Å². The summed E-state index contributed by atoms with van der Waals surface area (Å²) in [4.78, 5) is 11.7. The Labute approximate surface area is 104 Å². The average molecular weight is 244 g/mol. The highest BCUT2D eigenvalue weighted by molar-refractivity contribution is 7.99. The highest BCUT2D eigenvalue weighted by Crippen LogP contribution is 2.30. The quantitative estimate of drug-likeness (QED) is 0.773. The maximum atomic E-state index is 11.7. The van der Waals surface area contributed by atoms with Crippen LogP contribution >= 0.6 is 11.8 Å². The number of hydrogen-bond acceptors (Lipinski definition) is 2. The summed E-state index contributed by atoms with van der Waals surface area (Å²) >= 11 is 1.56. The van der Waals surface area contributed by atoms with E-state index in [1.165, 1.54) is 0 Å². The lowest BCUT2D eigenvalue weighted by atomic mass is 10.2. The van der Waals surface area contributed by atoms with E-state index in [1.807, 2.05) is 37.4 Å². The van der Waals surface area contributed by atoms with Gasteiger partial charge in [-0.1, -0.05) is 17.8 Å². The second-order valence-electron chi connectivity index (χ2n) is 4.07. The zero-order chi connectivity index (χ0) is 11.8. The van der Waals surface area contributed by atoms with Crippen LogP contribution in [0.1, 0.15) is 5.56 Å². The van der Waals surface area contributed by atoms with Gasteiger partial charge in [0.05, 0.1) is 22.2 Å². The molecule has 0 bridgehead atoms. The topological polar surface area (TPSA) is 34.0 Å². The number of carbonyl (C=O) groups excluding carboxylic acids is 1. The number of aryl methyl sites for hydroxylation is 1. The van der Waals surface area contributed by atoms with E-state index in [0.29, 0.717) is 5.75 Å². The molecule has 1 aromatic heterocycles. The molecule has 2 heterocycles. The number of aromatic nitrogens is 1. The molecule has 0 atom stereocenters. The van der Waals surface area contributed by atoms with Crippen molar-refractivity contribution in [2.75, 3.05) is 11.1 Å². The third-order valence-electron chi connectivity index (χ3n) is 2.75. The van der Waals surface area contributed by atoms with Crippen molar-refractivity contribution in [3.63, 3.8) is 0 Å². The van der Waals surface area contributed by atoms with E-state index >= 15 is 0 Å². The lowest BCUT2D eigenvalue weighted by molar-refractivity contribution is -0.113. The normalized spacial score (nSPS) is 14.3. The van der Waals surface area contributed by atoms with Crippen LogP contribution < -0.4 is 5.32 Å². The van der Waals surface area contributed by atoms with Crippen molar-refractivity contribution in [1.29, 1.82) is 0 Å². The largest absolute Gasteiger partial charge is 0.324 e. The zero-order valence-corrected chi connectivity index (χ0v) is 10.3. The summed E-state index contributed by atoms with van der Waals surface area (Å²) in [5, 5.41) is 4.06. The van der Waals surface area contributed by atoms with Gasteiger partial charge in [-0.2, -0.15) is 0 Å². The van der Waals surface area contributed by atoms with E-state index < -0.39 is 0 Å². The minimum Gasteiger partial charge on any atom is -0.324 e. The van der Waals surface area contributed by atoms with Crippen molar-refractivity contribution in [3.05, 3.63) is 42.1 Å². The minimum absolute atomic E-state index is 0.0503. The van der Waals surface area contributed by atoms with Crippen molar-refractivity contribution in [3.8, 4) is 5.69 Å². The number of fused-ring (bicyclic) bond motifs is 3. The highest BCUT2D eigenvalue weighted by atomic mass is 32.2. The van der Waals surface area contributed by atoms with Gasteiger partial charge >= 0.3 is 0 Å². The first-order valence-electron chi connectivity index (χ1n) is 5.45. The first-order chi connectivity index (χ1) is 8.24. The molecule has 0 spiro atoms. The Bertz CT molecular complexity index is 589. The number of nitrogens with zero attached hydrogens (tertiary/aromatic N) is 1. The van der Waals surface area contributed by atoms with Crippen molar-refractivity contribution in [1.82, 2.24) is 4.57 Å². The molecule has 0 saturated heterocycles. The lowest BCUT2D eigenvalue weighted by Crippen LogP contribution is -2.18. The predicted molar refractivity (Wildman–Crippen MR) is 69.9 cm³/mol. The minimum atomic E-state index is 0.0503. The van der Waals surface area contributed by atoms with Crippen LogP contribution in [-0.2, 0) is 4.79 Å². The fourth-order valence-corrected chi connectivity index (χ4v) is 2.79. The van der Waals surface area contributed by atoms with Crippen molar-refractivity contribution >= 4 is 23.4 Å². The SMILES string of the molecule is Cc1ccc2c(c1)NC(=O)CSc1cccn1-2. The van der Waals surface area contributed by atoms with E-state index in [9.17, 15) is 4.79 Å². The van der Waals surface area contributed by atoms with E-state index in [0.717, 1.165) is 22.0 Å². The molecule has 1 amide bonds. The summed E-state index contributed by atoms with van der Waals surface area (Å²) in [5.74, 6) is 0.506. The van der Waals surface area contributed by atoms with Crippen molar-refractivity contribution < 1.29 is 4.79 Å². The first-order valence-corrected chi connectivity index (χ1v) is 6.43. The van der Waals surface area contributed by atoms with Gasteiger partial charge in [0, 0.05) is 6.20 Å². The molecule has 17 heavy (non-hydrogen) atoms. The van der Waals surface area contributed by atoms with Crippen LogP contribution in [0.3, 0.4) is 0 Å². The molecule has 0 radical (unpaired) electrons. The maximum Gasteiger partial charge on any atom is 0.234 e. The summed E-state index contributed by atoms with van der Waals surface area (Å²) in [6, 6.07) is 10.1. The van der Waals surface area contributed by atoms with Crippen LogP contribution in [0.2, 0.25) is 0 Å². The monoisotopic (exact) mass is 244 g/mol. The molecule has 0 unspecified atom stereocenters. The van der Waals surface area contributed by atoms with Crippen molar-refractivity contribution in [2.45, 2.75) is 11.9 Å². The summed E-state index contributed by atoms with van der Waals surface area (Å²) in [6.07, 6.45) is 2.02. The van der Waals surface area contributed by atoms with Crippen LogP contribution in [0.5, 0.6) is 0 Å². The van der Waals surface area contributed by atoms with Crippen LogP contribution in [-0.4, -0.2) is 16.2 Å². The van der Waals surface area contributed by atoms with E-state index in [1.54, 1.807) is 11.8 Å². The third-order valence-corrected chi connectivity index (χ3v) is 3.78. The highest BCUT2D eigenvalue weighted by Gasteiger charge is 2.15. The van der Waals surface area contributed by atoms with Gasteiger partial charge < -0.3 is 9.88 Å². The molecule has 1 aliphatic heterocycles. The fourth-order valence-electron chi connectivity index (χ4n) is 1.97. The zero-order valence-electron chi connectivity index (χ0n) is 9.43. The van der Waals surface area contributed by atoms with Crippen LogP contribution in [0.25, 0.3) is 5.69 Å². The Morgan fingerprint density at radius 2 is 2.24 bits per heavy atom. The van der Waals surface area contributed by atoms with Crippen LogP contribution in [0.4, 0.5) is 5.69 Å². The van der Waals surface area contributed by atoms with E-state index in [-0.39, 0.29) is 5.91 Å². The summed E-state index contributed by atoms with van der Waals surface area (Å²) in [5.41, 5.74) is 3.05. The first kappa shape index (κ1) is 10.5. The molecule has 1 aromatic carbocycles. The Kier molecular flexibility index (Phi) is 2.44. The Hall–Kier alpha value is -1.68. The van der Waals surface area contributed by atoms with E-state index in [4.69, 9.17) is 0 Å². The molecular formula is C13H12N2OS. The van der Waals surface area contributed by atoms with Gasteiger partial charge in [-0.25, -0.2) is 0 Å². The lowest BCUT2D eigenvalue weighted by Gasteiger charge is -2.18. The number of hydrogen-bond donors (Lipinski definition) is 1. The Morgan fingerprint density at radius 1 is 1.35 bits per heavy atom. The molecule has 1 aliphatic rings. The van der Waals surface area contributed by atoms with E-state index in [2.05, 4.69) is 16.0 Å². The number of anilines is 1. The molecule has 0 saturated carbocycles. The fraction of sp³-hybridized carbons (Fsp3) is 0.154. The Balaban J connectivity index is 2.22. The smallest absolute Gasteiger partial charge is 0.234 e. The van der Waals surface area contributed by atoms with Crippen molar-refractivity contribution in [2.24, 2.45) is 0 Å². The molecule has 0 aliphatic carbocycles. The standard InChI is InChI=1S/C13H12N2OS/c1-9-4-5-11-10(7-9)14-12(16)8-17-13-3-2-6-15(11)13/h2-7H,8H2,1H3,(H,14,16). The summed E-state index contributed by atoms with van der Waals surface area (Å²) in [7, 11) is 0. The molecule has 0 fully saturated rings. The number of nitrogens with one attached hydrogen (secondary N) is 1. The second kappa shape index (κ2) is 3.96. The Morgan fingerprint density at radius 3 is 3.12 bits per heavy atom. The van der Waals surface area contributed by atoms with Gasteiger partial charge in [0.25, 0.3) is 0 Å². The average Bonchev–Trinajstić information content (AvgIpc) is 2.72. The number of rotatable bonds is 0. The predicted octanol–water partition coefficient (Wildman–Crippen LogP) is 2.83. The molecule has 1 N–H and O–H groups in total. The summed E-state index contributed by atoms with van der Waals surface area (Å²) < 4.78 is 2.11. The number of amides is 1. The number of benzene rings is 1. The van der Waals surface area contributed by atoms with Gasteiger partial charge in [0.2, 0.25) is 5.91 Å². The molecular weight excluding hydrogens is 232 g/mol. The molecule has 86 valence electrons. The third kappa shape index (κ3) is 1.85. The van der Waals surface area contributed by atoms with Gasteiger partial charge in [-0.05, 0) is 36.8 Å². The van der Waals surface area contributed by atoms with Gasteiger partial charge in [0.15, 0.2) is 0 Å². The second-order valence-corrected chi connectivity index (χ2v) is 5.07. The molecule has 2 aromatic rings. The van der Waals surface area contributed by atoms with Crippen LogP contribution in [0.15, 0.2) is 41.6 Å². The van der Waals surface area contributed by atoms with Crippen LogP contribution in [0, 0.1) is 6.92 Å². The number of carbonyl (C=O) groups is 1. The molecule has 4 heteroatoms. The van der Waals surface area contributed by atoms with Gasteiger partial charge in [-0.3, -0.25) is 4.79 Å². The maximum absolute atomic E-state index is 11.7. The van der Waals surface area contributed by atoms with Gasteiger partial charge in [0.1, 0.15) is 0 Å². The molecule has 3 rings (SSSR count).